The first-order chi connectivity index (χ1) is 9.24. The molecule has 1 fully saturated rings. The molecule has 1 aromatic carbocycles. The summed E-state index contributed by atoms with van der Waals surface area (Å²) in [5.74, 6) is 1.90. The van der Waals surface area contributed by atoms with Gasteiger partial charge in [-0.2, -0.15) is 0 Å². The van der Waals surface area contributed by atoms with E-state index in [-0.39, 0.29) is 5.82 Å². The summed E-state index contributed by atoms with van der Waals surface area (Å²) in [6.07, 6.45) is 6.41. The summed E-state index contributed by atoms with van der Waals surface area (Å²) < 4.78 is 13.5. The zero-order valence-corrected chi connectivity index (χ0v) is 12.2. The van der Waals surface area contributed by atoms with Crippen LogP contribution < -0.4 is 5.32 Å². The van der Waals surface area contributed by atoms with E-state index in [4.69, 9.17) is 0 Å². The van der Waals surface area contributed by atoms with Gasteiger partial charge in [-0.05, 0) is 61.9 Å². The molecular formula is C17H26FN. The van der Waals surface area contributed by atoms with Crippen molar-refractivity contribution < 1.29 is 4.39 Å². The SMILES string of the molecule is CCCC1CCC(CNC)C(c2cccc(F)c2)C1. The van der Waals surface area contributed by atoms with Crippen LogP contribution in [0.15, 0.2) is 24.3 Å². The van der Waals surface area contributed by atoms with Crippen LogP contribution in [0, 0.1) is 17.7 Å². The van der Waals surface area contributed by atoms with E-state index in [1.807, 2.05) is 13.1 Å². The molecule has 106 valence electrons. The van der Waals surface area contributed by atoms with Gasteiger partial charge in [0.15, 0.2) is 0 Å². The van der Waals surface area contributed by atoms with Crippen LogP contribution in [0.25, 0.3) is 0 Å². The lowest BCUT2D eigenvalue weighted by Crippen LogP contribution is -2.30. The van der Waals surface area contributed by atoms with E-state index < -0.39 is 0 Å². The van der Waals surface area contributed by atoms with Crippen LogP contribution in [0.2, 0.25) is 0 Å². The minimum Gasteiger partial charge on any atom is -0.319 e. The van der Waals surface area contributed by atoms with E-state index >= 15 is 0 Å². The summed E-state index contributed by atoms with van der Waals surface area (Å²) in [5.41, 5.74) is 1.20. The Morgan fingerprint density at radius 1 is 1.32 bits per heavy atom. The van der Waals surface area contributed by atoms with Crippen molar-refractivity contribution in [2.24, 2.45) is 11.8 Å². The van der Waals surface area contributed by atoms with Gasteiger partial charge in [-0.15, -0.1) is 0 Å². The molecule has 1 aromatic rings. The lowest BCUT2D eigenvalue weighted by molar-refractivity contribution is 0.222. The van der Waals surface area contributed by atoms with Gasteiger partial charge in [0.2, 0.25) is 0 Å². The van der Waals surface area contributed by atoms with Gasteiger partial charge in [0.25, 0.3) is 0 Å². The normalized spacial score (nSPS) is 27.4. The standard InChI is InChI=1S/C17H26FN/c1-3-5-13-8-9-15(12-19-2)17(10-13)14-6-4-7-16(18)11-14/h4,6-7,11,13,15,17,19H,3,5,8-10,12H2,1-2H3. The second-order valence-corrected chi connectivity index (χ2v) is 5.95. The molecule has 0 aromatic heterocycles. The van der Waals surface area contributed by atoms with Gasteiger partial charge in [-0.1, -0.05) is 38.3 Å². The lowest BCUT2D eigenvalue weighted by atomic mass is 9.70. The van der Waals surface area contributed by atoms with Crippen molar-refractivity contribution in [3.05, 3.63) is 35.6 Å². The minimum absolute atomic E-state index is 0.0988. The molecule has 19 heavy (non-hydrogen) atoms. The molecule has 0 aliphatic heterocycles. The van der Waals surface area contributed by atoms with E-state index in [0.29, 0.717) is 11.8 Å². The maximum atomic E-state index is 13.5. The second kappa shape index (κ2) is 7.04. The molecule has 2 rings (SSSR count). The smallest absolute Gasteiger partial charge is 0.123 e. The second-order valence-electron chi connectivity index (χ2n) is 5.95. The van der Waals surface area contributed by atoms with Crippen molar-refractivity contribution in [3.63, 3.8) is 0 Å². The van der Waals surface area contributed by atoms with Gasteiger partial charge in [-0.25, -0.2) is 4.39 Å². The third-order valence-electron chi connectivity index (χ3n) is 4.54. The van der Waals surface area contributed by atoms with Crippen molar-refractivity contribution >= 4 is 0 Å². The highest BCUT2D eigenvalue weighted by molar-refractivity contribution is 5.22. The Labute approximate surface area is 116 Å². The predicted molar refractivity (Wildman–Crippen MR) is 78.8 cm³/mol. The number of halogens is 1. The zero-order chi connectivity index (χ0) is 13.7. The Morgan fingerprint density at radius 3 is 2.84 bits per heavy atom. The Hall–Kier alpha value is -0.890. The third-order valence-corrected chi connectivity index (χ3v) is 4.54. The summed E-state index contributed by atoms with van der Waals surface area (Å²) in [7, 11) is 2.01. The zero-order valence-electron chi connectivity index (χ0n) is 12.2. The molecule has 2 heteroatoms. The van der Waals surface area contributed by atoms with Crippen molar-refractivity contribution in [2.45, 2.75) is 44.9 Å². The van der Waals surface area contributed by atoms with Crippen LogP contribution in [0.3, 0.4) is 0 Å². The van der Waals surface area contributed by atoms with Crippen LogP contribution >= 0.6 is 0 Å². The predicted octanol–water partition coefficient (Wildman–Crippen LogP) is 4.35. The molecule has 0 radical (unpaired) electrons. The van der Waals surface area contributed by atoms with Crippen molar-refractivity contribution in [2.75, 3.05) is 13.6 Å². The Balaban J connectivity index is 2.15. The van der Waals surface area contributed by atoms with Crippen LogP contribution in [0.5, 0.6) is 0 Å². The summed E-state index contributed by atoms with van der Waals surface area (Å²) in [6, 6.07) is 7.24. The van der Waals surface area contributed by atoms with Crippen molar-refractivity contribution in [1.29, 1.82) is 0 Å². The molecule has 1 nitrogen and oxygen atoms in total. The average molecular weight is 263 g/mol. The quantitative estimate of drug-likeness (QED) is 0.833. The first kappa shape index (κ1) is 14.5. The van der Waals surface area contributed by atoms with E-state index in [1.165, 1.54) is 37.7 Å². The number of hydrogen-bond donors (Lipinski definition) is 1. The highest BCUT2D eigenvalue weighted by atomic mass is 19.1. The molecule has 3 unspecified atom stereocenters. The lowest BCUT2D eigenvalue weighted by Gasteiger charge is -2.36. The fraction of sp³-hybridized carbons (Fsp3) is 0.647. The molecule has 0 bridgehead atoms. The minimum atomic E-state index is -0.0988. The van der Waals surface area contributed by atoms with Crippen molar-refractivity contribution in [3.8, 4) is 0 Å². The topological polar surface area (TPSA) is 12.0 Å². The molecule has 0 amide bonds. The summed E-state index contributed by atoms with van der Waals surface area (Å²) in [6.45, 7) is 3.30. The molecule has 3 atom stereocenters. The Morgan fingerprint density at radius 2 is 2.16 bits per heavy atom. The summed E-state index contributed by atoms with van der Waals surface area (Å²) in [5, 5.41) is 3.30. The molecule has 1 N–H and O–H groups in total. The fourth-order valence-electron chi connectivity index (χ4n) is 3.64. The van der Waals surface area contributed by atoms with Gasteiger partial charge < -0.3 is 5.32 Å². The number of hydrogen-bond acceptors (Lipinski definition) is 1. The van der Waals surface area contributed by atoms with E-state index in [2.05, 4.69) is 18.3 Å². The van der Waals surface area contributed by atoms with E-state index in [1.54, 1.807) is 12.1 Å². The molecule has 0 heterocycles. The number of benzene rings is 1. The molecule has 0 saturated heterocycles. The molecule has 1 aliphatic carbocycles. The first-order valence-corrected chi connectivity index (χ1v) is 7.64. The van der Waals surface area contributed by atoms with Crippen LogP contribution in [-0.4, -0.2) is 13.6 Å². The van der Waals surface area contributed by atoms with Gasteiger partial charge in [-0.3, -0.25) is 0 Å². The molecule has 0 spiro atoms. The average Bonchev–Trinajstić information content (AvgIpc) is 2.41. The van der Waals surface area contributed by atoms with Crippen LogP contribution in [-0.2, 0) is 0 Å². The van der Waals surface area contributed by atoms with Crippen LogP contribution in [0.1, 0.15) is 50.5 Å². The number of rotatable bonds is 5. The van der Waals surface area contributed by atoms with E-state index in [9.17, 15) is 4.39 Å². The molecule has 1 saturated carbocycles. The number of nitrogens with one attached hydrogen (secondary N) is 1. The Kier molecular flexibility index (Phi) is 5.38. The van der Waals surface area contributed by atoms with Gasteiger partial charge >= 0.3 is 0 Å². The fourth-order valence-corrected chi connectivity index (χ4v) is 3.64. The van der Waals surface area contributed by atoms with Gasteiger partial charge in [0, 0.05) is 0 Å². The maximum absolute atomic E-state index is 13.5. The molecular weight excluding hydrogens is 237 g/mol. The van der Waals surface area contributed by atoms with Gasteiger partial charge in [0.05, 0.1) is 0 Å². The Bertz CT molecular complexity index is 391. The largest absolute Gasteiger partial charge is 0.319 e. The van der Waals surface area contributed by atoms with Gasteiger partial charge in [0.1, 0.15) is 5.82 Å². The van der Waals surface area contributed by atoms with Crippen LogP contribution in [0.4, 0.5) is 4.39 Å². The third kappa shape index (κ3) is 3.79. The molecule has 1 aliphatic rings. The van der Waals surface area contributed by atoms with E-state index in [0.717, 1.165) is 12.5 Å². The maximum Gasteiger partial charge on any atom is 0.123 e. The monoisotopic (exact) mass is 263 g/mol. The highest BCUT2D eigenvalue weighted by Gasteiger charge is 2.30. The van der Waals surface area contributed by atoms with Crippen molar-refractivity contribution in [1.82, 2.24) is 5.32 Å². The first-order valence-electron chi connectivity index (χ1n) is 7.64. The summed E-state index contributed by atoms with van der Waals surface area (Å²) >= 11 is 0. The highest BCUT2D eigenvalue weighted by Crippen LogP contribution is 2.41. The summed E-state index contributed by atoms with van der Waals surface area (Å²) in [4.78, 5) is 0.